The number of hydrogen-bond acceptors (Lipinski definition) is 1. The van der Waals surface area contributed by atoms with Gasteiger partial charge in [0.05, 0.1) is 5.60 Å². The van der Waals surface area contributed by atoms with Gasteiger partial charge in [0.25, 0.3) is 0 Å². The van der Waals surface area contributed by atoms with Crippen molar-refractivity contribution in [1.29, 1.82) is 0 Å². The zero-order chi connectivity index (χ0) is 10.5. The van der Waals surface area contributed by atoms with E-state index in [4.69, 9.17) is 4.74 Å². The van der Waals surface area contributed by atoms with Crippen LogP contribution in [0.3, 0.4) is 0 Å². The summed E-state index contributed by atoms with van der Waals surface area (Å²) in [6.45, 7) is 11.8. The second kappa shape index (κ2) is 5.04. The minimum absolute atomic E-state index is 0.0295. The minimum atomic E-state index is 0.0295. The molecule has 0 saturated heterocycles. The standard InChI is InChI=1S/C11H25BO/c1-10(2,3)13-9-7-6-8-11(4,5)12/h6-9,12H2,1-5H3. The molecule has 1 nitrogen and oxygen atoms in total. The normalized spacial score (nSPS) is 13.3. The number of unbranched alkanes of at least 4 members (excludes halogenated alkanes) is 1. The lowest BCUT2D eigenvalue weighted by Gasteiger charge is -2.21. The van der Waals surface area contributed by atoms with Gasteiger partial charge in [-0.25, -0.2) is 0 Å². The van der Waals surface area contributed by atoms with Crippen molar-refractivity contribution in [1.82, 2.24) is 0 Å². The first-order valence-corrected chi connectivity index (χ1v) is 5.35. The molecule has 0 aliphatic heterocycles. The van der Waals surface area contributed by atoms with Crippen LogP contribution in [0, 0.1) is 0 Å². The largest absolute Gasteiger partial charge is 0.376 e. The monoisotopic (exact) mass is 184 g/mol. The Balaban J connectivity index is 3.28. The average Bonchev–Trinajstić information content (AvgIpc) is 1.81. The predicted octanol–water partition coefficient (Wildman–Crippen LogP) is 2.80. The highest BCUT2D eigenvalue weighted by Crippen LogP contribution is 2.26. The Morgan fingerprint density at radius 1 is 1.00 bits per heavy atom. The number of hydrogen-bond donors (Lipinski definition) is 0. The summed E-state index contributed by atoms with van der Waals surface area (Å²) in [4.78, 5) is 0. The Morgan fingerprint density at radius 2 is 1.54 bits per heavy atom. The van der Waals surface area contributed by atoms with Gasteiger partial charge < -0.3 is 4.74 Å². The SMILES string of the molecule is BC(C)(C)CCCCOC(C)(C)C. The molecule has 13 heavy (non-hydrogen) atoms. The summed E-state index contributed by atoms with van der Waals surface area (Å²) in [5.41, 5.74) is 0.0295. The van der Waals surface area contributed by atoms with Crippen molar-refractivity contribution in [3.05, 3.63) is 0 Å². The lowest BCUT2D eigenvalue weighted by molar-refractivity contribution is -0.00486. The maximum absolute atomic E-state index is 5.64. The molecule has 0 spiro atoms. The van der Waals surface area contributed by atoms with Crippen LogP contribution < -0.4 is 0 Å². The van der Waals surface area contributed by atoms with Gasteiger partial charge in [0.2, 0.25) is 0 Å². The summed E-state index contributed by atoms with van der Waals surface area (Å²) in [5, 5.41) is 0.474. The van der Waals surface area contributed by atoms with Crippen molar-refractivity contribution in [2.45, 2.75) is 64.8 Å². The maximum atomic E-state index is 5.64. The summed E-state index contributed by atoms with van der Waals surface area (Å²) >= 11 is 0. The molecule has 0 aromatic carbocycles. The molecule has 2 heteroatoms. The molecule has 0 radical (unpaired) electrons. The highest BCUT2D eigenvalue weighted by atomic mass is 16.5. The quantitative estimate of drug-likeness (QED) is 0.471. The van der Waals surface area contributed by atoms with Crippen LogP contribution in [0.1, 0.15) is 53.9 Å². The molecule has 78 valence electrons. The van der Waals surface area contributed by atoms with Gasteiger partial charge in [-0.3, -0.25) is 0 Å². The molecule has 0 saturated carbocycles. The fourth-order valence-electron chi connectivity index (χ4n) is 1.14. The van der Waals surface area contributed by atoms with Crippen molar-refractivity contribution in [3.8, 4) is 0 Å². The molecule has 0 aromatic rings. The van der Waals surface area contributed by atoms with E-state index >= 15 is 0 Å². The van der Waals surface area contributed by atoms with Gasteiger partial charge in [-0.15, -0.1) is 0 Å². The van der Waals surface area contributed by atoms with Gasteiger partial charge in [-0.05, 0) is 27.2 Å². The minimum Gasteiger partial charge on any atom is -0.376 e. The molecule has 0 aliphatic carbocycles. The second-order valence-electron chi connectivity index (χ2n) is 5.98. The van der Waals surface area contributed by atoms with Crippen LogP contribution in [0.4, 0.5) is 0 Å². The third-order valence-corrected chi connectivity index (χ3v) is 1.86. The molecule has 0 rings (SSSR count). The molecule has 0 heterocycles. The van der Waals surface area contributed by atoms with Crippen molar-refractivity contribution < 1.29 is 4.74 Å². The molecule has 0 aromatic heterocycles. The number of rotatable bonds is 5. The van der Waals surface area contributed by atoms with Crippen LogP contribution in [0.2, 0.25) is 5.31 Å². The molecule has 0 amide bonds. The van der Waals surface area contributed by atoms with Gasteiger partial charge in [0, 0.05) is 6.61 Å². The first-order chi connectivity index (χ1) is 5.71. The Kier molecular flexibility index (Phi) is 5.05. The summed E-state index contributed by atoms with van der Waals surface area (Å²) in [5.74, 6) is 0. The zero-order valence-electron chi connectivity index (χ0n) is 10.2. The van der Waals surface area contributed by atoms with Crippen molar-refractivity contribution >= 4 is 7.85 Å². The second-order valence-corrected chi connectivity index (χ2v) is 5.98. The van der Waals surface area contributed by atoms with E-state index in [1.54, 1.807) is 0 Å². The van der Waals surface area contributed by atoms with E-state index in [1.165, 1.54) is 19.3 Å². The topological polar surface area (TPSA) is 9.23 Å². The van der Waals surface area contributed by atoms with E-state index in [0.717, 1.165) is 6.61 Å². The molecule has 0 atom stereocenters. The van der Waals surface area contributed by atoms with Crippen LogP contribution in [0.25, 0.3) is 0 Å². The van der Waals surface area contributed by atoms with Crippen LogP contribution in [0.15, 0.2) is 0 Å². The van der Waals surface area contributed by atoms with Crippen LogP contribution in [0.5, 0.6) is 0 Å². The van der Waals surface area contributed by atoms with Crippen LogP contribution in [-0.2, 0) is 4.74 Å². The van der Waals surface area contributed by atoms with E-state index in [-0.39, 0.29) is 5.60 Å². The van der Waals surface area contributed by atoms with E-state index in [0.29, 0.717) is 5.31 Å². The van der Waals surface area contributed by atoms with Crippen LogP contribution >= 0.6 is 0 Å². The van der Waals surface area contributed by atoms with Crippen LogP contribution in [-0.4, -0.2) is 20.1 Å². The highest BCUT2D eigenvalue weighted by molar-refractivity contribution is 6.14. The summed E-state index contributed by atoms with van der Waals surface area (Å²) in [7, 11) is 2.29. The third-order valence-electron chi connectivity index (χ3n) is 1.86. The zero-order valence-corrected chi connectivity index (χ0v) is 10.2. The summed E-state index contributed by atoms with van der Waals surface area (Å²) in [6.07, 6.45) is 3.76. The van der Waals surface area contributed by atoms with Crippen molar-refractivity contribution in [2.24, 2.45) is 0 Å². The fraction of sp³-hybridized carbons (Fsp3) is 1.00. The average molecular weight is 184 g/mol. The Bertz CT molecular complexity index is 114. The van der Waals surface area contributed by atoms with E-state index < -0.39 is 0 Å². The number of ether oxygens (including phenoxy) is 1. The van der Waals surface area contributed by atoms with Gasteiger partial charge in [0.15, 0.2) is 0 Å². The first-order valence-electron chi connectivity index (χ1n) is 5.35. The first kappa shape index (κ1) is 13.0. The van der Waals surface area contributed by atoms with Gasteiger partial charge in [0.1, 0.15) is 7.85 Å². The fourth-order valence-corrected chi connectivity index (χ4v) is 1.14. The molecule has 0 bridgehead atoms. The lowest BCUT2D eigenvalue weighted by Crippen LogP contribution is -2.19. The molecule has 0 aliphatic rings. The molecule has 0 unspecified atom stereocenters. The predicted molar refractivity (Wildman–Crippen MR) is 62.1 cm³/mol. The third kappa shape index (κ3) is 12.0. The van der Waals surface area contributed by atoms with Gasteiger partial charge in [-0.2, -0.15) is 0 Å². The summed E-state index contributed by atoms with van der Waals surface area (Å²) in [6, 6.07) is 0. The van der Waals surface area contributed by atoms with E-state index in [9.17, 15) is 0 Å². The molecule has 0 fully saturated rings. The van der Waals surface area contributed by atoms with Crippen molar-refractivity contribution in [3.63, 3.8) is 0 Å². The Hall–Kier alpha value is 0.0249. The van der Waals surface area contributed by atoms with Crippen molar-refractivity contribution in [2.75, 3.05) is 6.61 Å². The van der Waals surface area contributed by atoms with E-state index in [1.807, 2.05) is 0 Å². The molecular formula is C11H25BO. The smallest absolute Gasteiger partial charge is 0.108 e. The maximum Gasteiger partial charge on any atom is 0.108 e. The molecular weight excluding hydrogens is 159 g/mol. The molecule has 0 N–H and O–H groups in total. The highest BCUT2D eigenvalue weighted by Gasteiger charge is 2.11. The Morgan fingerprint density at radius 3 is 1.92 bits per heavy atom. The van der Waals surface area contributed by atoms with Gasteiger partial charge in [-0.1, -0.05) is 32.0 Å². The van der Waals surface area contributed by atoms with Gasteiger partial charge >= 0.3 is 0 Å². The lowest BCUT2D eigenvalue weighted by atomic mass is 9.69. The van der Waals surface area contributed by atoms with E-state index in [2.05, 4.69) is 42.5 Å². The summed E-state index contributed by atoms with van der Waals surface area (Å²) < 4.78 is 5.64. The Labute approximate surface area is 84.7 Å².